The van der Waals surface area contributed by atoms with Crippen LogP contribution in [-0.2, 0) is 25.7 Å². The number of methoxy groups -OCH3 is 1. The van der Waals surface area contributed by atoms with E-state index in [1.54, 1.807) is 24.3 Å². The molecule has 2 aromatic rings. The number of rotatable bonds is 5. The van der Waals surface area contributed by atoms with E-state index in [1.807, 2.05) is 30.3 Å². The van der Waals surface area contributed by atoms with Crippen molar-refractivity contribution in [1.82, 2.24) is 5.32 Å². The molecule has 0 spiro atoms. The van der Waals surface area contributed by atoms with Crippen LogP contribution in [0.2, 0.25) is 0 Å². The van der Waals surface area contributed by atoms with Crippen molar-refractivity contribution in [1.29, 1.82) is 0 Å². The van der Waals surface area contributed by atoms with Gasteiger partial charge >= 0.3 is 11.9 Å². The lowest BCUT2D eigenvalue weighted by molar-refractivity contribution is -0.149. The van der Waals surface area contributed by atoms with Gasteiger partial charge in [0.15, 0.2) is 5.78 Å². The first-order valence-corrected chi connectivity index (χ1v) is 10.6. The SMILES string of the molecule is C=C1NC2=C(C(=O)CCC2)C(c2ccc(C(=O)OC)cc2)C1C(=O)OCc1ccccc1. The molecule has 1 N–H and O–H groups in total. The summed E-state index contributed by atoms with van der Waals surface area (Å²) < 4.78 is 10.4. The van der Waals surface area contributed by atoms with Gasteiger partial charge in [0.05, 0.1) is 12.7 Å². The van der Waals surface area contributed by atoms with E-state index >= 15 is 0 Å². The van der Waals surface area contributed by atoms with Crippen molar-refractivity contribution in [3.63, 3.8) is 0 Å². The Morgan fingerprint density at radius 1 is 1.06 bits per heavy atom. The molecule has 2 aromatic carbocycles. The number of esters is 2. The molecule has 6 heteroatoms. The Kier molecular flexibility index (Phi) is 6.21. The molecule has 2 unspecified atom stereocenters. The lowest BCUT2D eigenvalue weighted by Crippen LogP contribution is -2.41. The van der Waals surface area contributed by atoms with Crippen LogP contribution in [0.15, 0.2) is 78.1 Å². The summed E-state index contributed by atoms with van der Waals surface area (Å²) >= 11 is 0. The Morgan fingerprint density at radius 3 is 2.47 bits per heavy atom. The summed E-state index contributed by atoms with van der Waals surface area (Å²) in [6.45, 7) is 4.23. The van der Waals surface area contributed by atoms with Gasteiger partial charge in [0.1, 0.15) is 12.5 Å². The first kappa shape index (κ1) is 21.6. The molecule has 2 atom stereocenters. The van der Waals surface area contributed by atoms with Crippen LogP contribution in [0.5, 0.6) is 0 Å². The van der Waals surface area contributed by atoms with E-state index in [-0.39, 0.29) is 12.4 Å². The predicted octanol–water partition coefficient (Wildman–Crippen LogP) is 4.04. The van der Waals surface area contributed by atoms with Crippen LogP contribution in [0.3, 0.4) is 0 Å². The second-order valence-electron chi connectivity index (χ2n) is 7.98. The molecule has 0 fully saturated rings. The predicted molar refractivity (Wildman–Crippen MR) is 118 cm³/mol. The number of carbonyl (C=O) groups is 3. The summed E-state index contributed by atoms with van der Waals surface area (Å²) in [6, 6.07) is 16.2. The topological polar surface area (TPSA) is 81.7 Å². The highest BCUT2D eigenvalue weighted by atomic mass is 16.5. The molecule has 6 nitrogen and oxygen atoms in total. The lowest BCUT2D eigenvalue weighted by Gasteiger charge is -2.38. The van der Waals surface area contributed by atoms with Gasteiger partial charge in [-0.05, 0) is 36.1 Å². The molecular formula is C26H25NO5. The van der Waals surface area contributed by atoms with Crippen molar-refractivity contribution in [3.05, 3.63) is 94.8 Å². The summed E-state index contributed by atoms with van der Waals surface area (Å²) in [7, 11) is 1.32. The molecule has 0 saturated heterocycles. The zero-order chi connectivity index (χ0) is 22.7. The summed E-state index contributed by atoms with van der Waals surface area (Å²) in [5.41, 5.74) is 3.97. The van der Waals surface area contributed by atoms with Crippen LogP contribution in [0, 0.1) is 5.92 Å². The molecule has 2 aliphatic rings. The third-order valence-corrected chi connectivity index (χ3v) is 5.96. The minimum Gasteiger partial charge on any atom is -0.465 e. The fraction of sp³-hybridized carbons (Fsp3) is 0.269. The van der Waals surface area contributed by atoms with Gasteiger partial charge in [-0.2, -0.15) is 0 Å². The van der Waals surface area contributed by atoms with Crippen LogP contribution in [-0.4, -0.2) is 24.8 Å². The second-order valence-corrected chi connectivity index (χ2v) is 7.98. The zero-order valence-corrected chi connectivity index (χ0v) is 17.9. The maximum absolute atomic E-state index is 13.2. The quantitative estimate of drug-likeness (QED) is 0.720. The van der Waals surface area contributed by atoms with Gasteiger partial charge in [0, 0.05) is 29.3 Å². The van der Waals surface area contributed by atoms with Crippen molar-refractivity contribution >= 4 is 17.7 Å². The van der Waals surface area contributed by atoms with Gasteiger partial charge in [-0.3, -0.25) is 9.59 Å². The zero-order valence-electron chi connectivity index (χ0n) is 17.9. The van der Waals surface area contributed by atoms with Crippen LogP contribution in [0.1, 0.15) is 46.7 Å². The fourth-order valence-electron chi connectivity index (χ4n) is 4.39. The number of allylic oxidation sites excluding steroid dienone is 2. The van der Waals surface area contributed by atoms with Gasteiger partial charge in [0.2, 0.25) is 0 Å². The Bertz CT molecular complexity index is 1080. The Balaban J connectivity index is 1.69. The third-order valence-electron chi connectivity index (χ3n) is 5.96. The molecule has 1 aliphatic carbocycles. The van der Waals surface area contributed by atoms with Gasteiger partial charge in [-0.1, -0.05) is 49.0 Å². The highest BCUT2D eigenvalue weighted by Gasteiger charge is 2.43. The maximum atomic E-state index is 13.2. The average Bonchev–Trinajstić information content (AvgIpc) is 2.82. The minimum atomic E-state index is -0.761. The molecule has 164 valence electrons. The van der Waals surface area contributed by atoms with E-state index in [1.165, 1.54) is 7.11 Å². The molecule has 1 heterocycles. The summed E-state index contributed by atoms with van der Waals surface area (Å²) in [5, 5.41) is 3.21. The number of Topliss-reactive ketones (excluding diaryl/α,β-unsaturated/α-hetero) is 1. The van der Waals surface area contributed by atoms with Crippen molar-refractivity contribution in [2.75, 3.05) is 7.11 Å². The molecule has 32 heavy (non-hydrogen) atoms. The minimum absolute atomic E-state index is 0.0224. The molecule has 0 radical (unpaired) electrons. The van der Waals surface area contributed by atoms with Crippen molar-refractivity contribution in [3.8, 4) is 0 Å². The van der Waals surface area contributed by atoms with Gasteiger partial charge in [0.25, 0.3) is 0 Å². The number of hydrogen-bond donors (Lipinski definition) is 1. The Labute approximate surface area is 186 Å². The standard InChI is InChI=1S/C26H25NO5/c1-16-22(26(30)32-15-17-7-4-3-5-8-17)23(24-20(27-16)9-6-10-21(24)28)18-11-13-19(14-12-18)25(29)31-2/h3-5,7-8,11-14,22-23,27H,1,6,9-10,15H2,2H3. The highest BCUT2D eigenvalue weighted by Crippen LogP contribution is 2.44. The van der Waals surface area contributed by atoms with Crippen LogP contribution >= 0.6 is 0 Å². The number of carbonyl (C=O) groups excluding carboxylic acids is 3. The third kappa shape index (κ3) is 4.21. The summed E-state index contributed by atoms with van der Waals surface area (Å²) in [5.74, 6) is -2.16. The monoisotopic (exact) mass is 431 g/mol. The van der Waals surface area contributed by atoms with E-state index in [4.69, 9.17) is 9.47 Å². The van der Waals surface area contributed by atoms with Crippen molar-refractivity contribution in [2.45, 2.75) is 31.8 Å². The van der Waals surface area contributed by atoms with Crippen LogP contribution in [0.25, 0.3) is 0 Å². The van der Waals surface area contributed by atoms with E-state index in [0.717, 1.165) is 29.7 Å². The van der Waals surface area contributed by atoms with E-state index in [9.17, 15) is 14.4 Å². The van der Waals surface area contributed by atoms with E-state index in [2.05, 4.69) is 11.9 Å². The first-order chi connectivity index (χ1) is 15.5. The number of benzene rings is 2. The number of ketones is 1. The van der Waals surface area contributed by atoms with E-state index < -0.39 is 23.8 Å². The van der Waals surface area contributed by atoms with Crippen molar-refractivity contribution < 1.29 is 23.9 Å². The average molecular weight is 431 g/mol. The van der Waals surface area contributed by atoms with E-state index in [0.29, 0.717) is 23.3 Å². The molecule has 1 aliphatic heterocycles. The van der Waals surface area contributed by atoms with Gasteiger partial charge in [-0.25, -0.2) is 4.79 Å². The molecule has 0 aromatic heterocycles. The van der Waals surface area contributed by atoms with Crippen LogP contribution < -0.4 is 5.32 Å². The van der Waals surface area contributed by atoms with Crippen LogP contribution in [0.4, 0.5) is 0 Å². The molecule has 4 rings (SSSR count). The second kappa shape index (κ2) is 9.22. The highest BCUT2D eigenvalue weighted by molar-refractivity contribution is 6.00. The normalized spacial score (nSPS) is 20.3. The largest absolute Gasteiger partial charge is 0.465 e. The molecular weight excluding hydrogens is 406 g/mol. The maximum Gasteiger partial charge on any atom is 0.337 e. The molecule has 0 saturated carbocycles. The molecule has 0 amide bonds. The smallest absolute Gasteiger partial charge is 0.337 e. The number of ether oxygens (including phenoxy) is 2. The summed E-state index contributed by atoms with van der Waals surface area (Å²) in [4.78, 5) is 38.0. The number of hydrogen-bond acceptors (Lipinski definition) is 6. The van der Waals surface area contributed by atoms with Crippen molar-refractivity contribution in [2.24, 2.45) is 5.92 Å². The fourth-order valence-corrected chi connectivity index (χ4v) is 4.39. The molecule has 0 bridgehead atoms. The number of nitrogens with one attached hydrogen (secondary N) is 1. The summed E-state index contributed by atoms with van der Waals surface area (Å²) in [6.07, 6.45) is 1.92. The van der Waals surface area contributed by atoms with Gasteiger partial charge in [-0.15, -0.1) is 0 Å². The van der Waals surface area contributed by atoms with Gasteiger partial charge < -0.3 is 14.8 Å². The first-order valence-electron chi connectivity index (χ1n) is 10.6. The Hall–Kier alpha value is -3.67. The lowest BCUT2D eigenvalue weighted by atomic mass is 9.71. The Morgan fingerprint density at radius 2 is 1.78 bits per heavy atom.